The van der Waals surface area contributed by atoms with Crippen LogP contribution in [-0.4, -0.2) is 51.4 Å². The van der Waals surface area contributed by atoms with Gasteiger partial charge >= 0.3 is 0 Å². The van der Waals surface area contributed by atoms with Gasteiger partial charge in [0.15, 0.2) is 16.6 Å². The lowest BCUT2D eigenvalue weighted by Crippen LogP contribution is -2.48. The van der Waals surface area contributed by atoms with Crippen LogP contribution < -0.4 is 9.80 Å². The summed E-state index contributed by atoms with van der Waals surface area (Å²) in [7, 11) is 1.97. The van der Waals surface area contributed by atoms with Crippen molar-refractivity contribution >= 4 is 33.8 Å². The van der Waals surface area contributed by atoms with E-state index in [0.29, 0.717) is 5.92 Å². The number of fused-ring (bicyclic) bond motifs is 1. The van der Waals surface area contributed by atoms with Crippen LogP contribution >= 0.6 is 11.3 Å². The molecule has 7 nitrogen and oxygen atoms in total. The van der Waals surface area contributed by atoms with Crippen LogP contribution in [0.3, 0.4) is 0 Å². The van der Waals surface area contributed by atoms with Crippen LogP contribution in [0.4, 0.5) is 21.2 Å². The molecular weight excluding hydrogens is 415 g/mol. The number of aromatic nitrogens is 4. The van der Waals surface area contributed by atoms with E-state index in [0.717, 1.165) is 58.9 Å². The van der Waals surface area contributed by atoms with Crippen molar-refractivity contribution in [3.63, 3.8) is 0 Å². The molecule has 0 unspecified atom stereocenters. The van der Waals surface area contributed by atoms with Gasteiger partial charge in [0.05, 0.1) is 11.4 Å². The van der Waals surface area contributed by atoms with Crippen molar-refractivity contribution in [3.8, 4) is 11.3 Å². The molecular formula is C22H23FN6OS. The predicted molar refractivity (Wildman–Crippen MR) is 121 cm³/mol. The zero-order valence-corrected chi connectivity index (χ0v) is 18.2. The smallest absolute Gasteiger partial charge is 0.191 e. The maximum Gasteiger partial charge on any atom is 0.191 e. The van der Waals surface area contributed by atoms with Gasteiger partial charge in [0, 0.05) is 43.6 Å². The fourth-order valence-corrected chi connectivity index (χ4v) is 4.64. The lowest BCUT2D eigenvalue weighted by molar-refractivity contribution is 0.200. The van der Waals surface area contributed by atoms with Crippen LogP contribution in [0.5, 0.6) is 0 Å². The van der Waals surface area contributed by atoms with Crippen molar-refractivity contribution in [2.75, 3.05) is 36.5 Å². The number of aryl methyl sites for hydroxylation is 1. The molecule has 0 amide bonds. The minimum Gasteiger partial charge on any atom is -0.396 e. The second-order valence-electron chi connectivity index (χ2n) is 7.73. The number of thiazole rings is 1. The average Bonchev–Trinajstić information content (AvgIpc) is 3.38. The number of anilines is 3. The summed E-state index contributed by atoms with van der Waals surface area (Å²) >= 11 is 1.53. The maximum absolute atomic E-state index is 13.3. The van der Waals surface area contributed by atoms with Gasteiger partial charge < -0.3 is 14.9 Å². The normalized spacial score (nSPS) is 14.3. The Labute approximate surface area is 183 Å². The van der Waals surface area contributed by atoms with Crippen molar-refractivity contribution in [1.29, 1.82) is 0 Å². The number of aliphatic hydroxyl groups excluding tert-OH is 1. The molecule has 31 heavy (non-hydrogen) atoms. The minimum atomic E-state index is -0.260. The first-order valence-corrected chi connectivity index (χ1v) is 11.1. The van der Waals surface area contributed by atoms with E-state index in [2.05, 4.69) is 11.8 Å². The highest BCUT2D eigenvalue weighted by Gasteiger charge is 2.28. The number of hydrogen-bond acceptors (Lipinski definition) is 7. The van der Waals surface area contributed by atoms with Crippen molar-refractivity contribution in [3.05, 3.63) is 53.3 Å². The standard InChI is InChI=1S/C22H23FN6OS/c1-3-17-21(27(2)22-25-18(13-31-22)15-4-6-16(23)7-5-15)29-19(24-17)8-9-20(26-29)28-10-14(11-28)12-30/h4-9,13-14,30H,3,10-12H2,1-2H3. The molecule has 5 rings (SSSR count). The minimum absolute atomic E-state index is 0.207. The Balaban J connectivity index is 1.50. The van der Waals surface area contributed by atoms with Crippen LogP contribution in [0.2, 0.25) is 0 Å². The van der Waals surface area contributed by atoms with E-state index in [1.165, 1.54) is 23.5 Å². The highest BCUT2D eigenvalue weighted by Crippen LogP contribution is 2.34. The van der Waals surface area contributed by atoms with Crippen molar-refractivity contribution in [1.82, 2.24) is 19.6 Å². The van der Waals surface area contributed by atoms with Crippen molar-refractivity contribution < 1.29 is 9.50 Å². The van der Waals surface area contributed by atoms with E-state index in [1.54, 1.807) is 12.1 Å². The van der Waals surface area contributed by atoms with Gasteiger partial charge in [0.2, 0.25) is 0 Å². The molecule has 0 spiro atoms. The fraction of sp³-hybridized carbons (Fsp3) is 0.318. The highest BCUT2D eigenvalue weighted by atomic mass is 32.1. The van der Waals surface area contributed by atoms with E-state index in [4.69, 9.17) is 15.1 Å². The molecule has 160 valence electrons. The summed E-state index contributed by atoms with van der Waals surface area (Å²) in [4.78, 5) is 13.7. The molecule has 4 heterocycles. The SMILES string of the molecule is CCc1nc2ccc(N3CC(CO)C3)nn2c1N(C)c1nc(-c2ccc(F)cc2)cs1. The average molecular weight is 439 g/mol. The lowest BCUT2D eigenvalue weighted by Gasteiger charge is -2.39. The van der Waals surface area contributed by atoms with Crippen LogP contribution in [0.25, 0.3) is 16.9 Å². The molecule has 1 fully saturated rings. The van der Waals surface area contributed by atoms with Gasteiger partial charge in [-0.05, 0) is 42.8 Å². The molecule has 0 aliphatic carbocycles. The first kappa shape index (κ1) is 19.9. The molecule has 1 saturated heterocycles. The summed E-state index contributed by atoms with van der Waals surface area (Å²) in [5.74, 6) is 1.81. The van der Waals surface area contributed by atoms with E-state index in [-0.39, 0.29) is 12.4 Å². The Morgan fingerprint density at radius 1 is 1.16 bits per heavy atom. The van der Waals surface area contributed by atoms with E-state index in [9.17, 15) is 9.50 Å². The monoisotopic (exact) mass is 438 g/mol. The predicted octanol–water partition coefficient (Wildman–Crippen LogP) is 3.75. The molecule has 9 heteroatoms. The second kappa shape index (κ2) is 7.90. The largest absolute Gasteiger partial charge is 0.396 e. The summed E-state index contributed by atoms with van der Waals surface area (Å²) in [6.45, 7) is 3.90. The molecule has 0 atom stereocenters. The van der Waals surface area contributed by atoms with Crippen LogP contribution in [0.1, 0.15) is 12.6 Å². The first-order valence-electron chi connectivity index (χ1n) is 10.3. The lowest BCUT2D eigenvalue weighted by atomic mass is 10.0. The van der Waals surface area contributed by atoms with Gasteiger partial charge in [-0.2, -0.15) is 4.52 Å². The third kappa shape index (κ3) is 3.53. The van der Waals surface area contributed by atoms with Gasteiger partial charge in [-0.25, -0.2) is 14.4 Å². The molecule has 1 aliphatic rings. The molecule has 0 saturated carbocycles. The van der Waals surface area contributed by atoms with Crippen molar-refractivity contribution in [2.24, 2.45) is 5.92 Å². The molecule has 1 N–H and O–H groups in total. The Kier molecular flexibility index (Phi) is 5.07. The van der Waals surface area contributed by atoms with Gasteiger partial charge in [0.25, 0.3) is 0 Å². The molecule has 0 bridgehead atoms. The third-order valence-electron chi connectivity index (χ3n) is 5.62. The van der Waals surface area contributed by atoms with Gasteiger partial charge in [-0.1, -0.05) is 6.92 Å². The Bertz CT molecular complexity index is 1210. The van der Waals surface area contributed by atoms with Crippen LogP contribution in [0.15, 0.2) is 41.8 Å². The number of nitrogens with zero attached hydrogens (tertiary/aromatic N) is 6. The molecule has 4 aromatic rings. The zero-order valence-electron chi connectivity index (χ0n) is 17.4. The second-order valence-corrected chi connectivity index (χ2v) is 8.57. The number of benzene rings is 1. The maximum atomic E-state index is 13.3. The van der Waals surface area contributed by atoms with E-state index >= 15 is 0 Å². The van der Waals surface area contributed by atoms with Gasteiger partial charge in [0.1, 0.15) is 11.6 Å². The molecule has 0 radical (unpaired) electrons. The third-order valence-corrected chi connectivity index (χ3v) is 6.54. The summed E-state index contributed by atoms with van der Waals surface area (Å²) in [5.41, 5.74) is 3.42. The highest BCUT2D eigenvalue weighted by molar-refractivity contribution is 7.14. The van der Waals surface area contributed by atoms with Crippen molar-refractivity contribution in [2.45, 2.75) is 13.3 Å². The summed E-state index contributed by atoms with van der Waals surface area (Å²) in [5, 5.41) is 16.9. The summed E-state index contributed by atoms with van der Waals surface area (Å²) in [6.07, 6.45) is 0.769. The van der Waals surface area contributed by atoms with Gasteiger partial charge in [-0.3, -0.25) is 0 Å². The molecule has 1 aromatic carbocycles. The molecule has 3 aromatic heterocycles. The van der Waals surface area contributed by atoms with E-state index < -0.39 is 0 Å². The number of imidazole rings is 1. The van der Waals surface area contributed by atoms with Crippen LogP contribution in [-0.2, 0) is 6.42 Å². The quantitative estimate of drug-likeness (QED) is 0.495. The Morgan fingerprint density at radius 2 is 1.94 bits per heavy atom. The fourth-order valence-electron chi connectivity index (χ4n) is 3.83. The number of hydrogen-bond donors (Lipinski definition) is 1. The molecule has 1 aliphatic heterocycles. The Morgan fingerprint density at radius 3 is 2.65 bits per heavy atom. The van der Waals surface area contributed by atoms with Crippen LogP contribution in [0, 0.1) is 11.7 Å². The number of halogens is 1. The van der Waals surface area contributed by atoms with Gasteiger partial charge in [-0.15, -0.1) is 16.4 Å². The summed E-state index contributed by atoms with van der Waals surface area (Å²) in [6, 6.07) is 10.3. The zero-order chi connectivity index (χ0) is 21.5. The number of aliphatic hydroxyl groups is 1. The topological polar surface area (TPSA) is 69.8 Å². The summed E-state index contributed by atoms with van der Waals surface area (Å²) < 4.78 is 15.1. The van der Waals surface area contributed by atoms with E-state index in [1.807, 2.05) is 34.0 Å². The first-order chi connectivity index (χ1) is 15.1. The number of rotatable bonds is 6. The Hall–Kier alpha value is -3.04.